The molecule has 0 saturated carbocycles. The Bertz CT molecular complexity index is 437. The molecule has 0 bridgehead atoms. The van der Waals surface area contributed by atoms with Crippen molar-refractivity contribution in [1.29, 1.82) is 5.41 Å². The van der Waals surface area contributed by atoms with E-state index in [0.29, 0.717) is 5.56 Å². The van der Waals surface area contributed by atoms with Crippen LogP contribution in [0.2, 0.25) is 0 Å². The summed E-state index contributed by atoms with van der Waals surface area (Å²) in [5.41, 5.74) is 0.713. The summed E-state index contributed by atoms with van der Waals surface area (Å²) in [5, 5.41) is 9.25. The van der Waals surface area contributed by atoms with Gasteiger partial charge in [0.25, 0.3) is 0 Å². The summed E-state index contributed by atoms with van der Waals surface area (Å²) in [6.45, 7) is 0. The number of benzene rings is 1. The molecule has 0 spiro atoms. The van der Waals surface area contributed by atoms with Crippen LogP contribution in [0.1, 0.15) is 5.56 Å². The molecule has 0 aliphatic heterocycles. The second kappa shape index (κ2) is 2.75. The van der Waals surface area contributed by atoms with Crippen molar-refractivity contribution in [3.63, 3.8) is 0 Å². The van der Waals surface area contributed by atoms with E-state index in [1.807, 2.05) is 12.1 Å². The van der Waals surface area contributed by atoms with Crippen molar-refractivity contribution in [2.24, 2.45) is 0 Å². The minimum absolute atomic E-state index is 0.0538. The monoisotopic (exact) mass is 177 g/mol. The summed E-state index contributed by atoms with van der Waals surface area (Å²) < 4.78 is 4.99. The van der Waals surface area contributed by atoms with Crippen molar-refractivity contribution in [3.8, 4) is 0 Å². The topological polar surface area (TPSA) is 37.0 Å². The van der Waals surface area contributed by atoms with Crippen LogP contribution in [0.4, 0.5) is 0 Å². The zero-order valence-corrected chi connectivity index (χ0v) is 6.93. The van der Waals surface area contributed by atoms with Crippen molar-refractivity contribution < 1.29 is 4.33 Å². The molecule has 58 valence electrons. The van der Waals surface area contributed by atoms with Crippen LogP contribution in [0.3, 0.4) is 0 Å². The molecule has 1 heterocycles. The molecular weight excluding hydrogens is 172 g/mol. The normalized spacial score (nSPS) is 10.1. The molecule has 0 aliphatic carbocycles. The Kier molecular flexibility index (Phi) is 1.73. The van der Waals surface area contributed by atoms with Gasteiger partial charge in [0.1, 0.15) is 0 Å². The van der Waals surface area contributed by atoms with Crippen molar-refractivity contribution in [1.82, 2.24) is 0 Å². The van der Waals surface area contributed by atoms with Gasteiger partial charge < -0.3 is 0 Å². The van der Waals surface area contributed by atoms with Crippen LogP contribution >= 0.6 is 11.6 Å². The number of nitrogens with one attached hydrogen (secondary N) is 1. The van der Waals surface area contributed by atoms with Crippen LogP contribution in [0.5, 0.6) is 0 Å². The molecule has 2 rings (SSSR count). The van der Waals surface area contributed by atoms with E-state index in [1.165, 1.54) is 0 Å². The summed E-state index contributed by atoms with van der Waals surface area (Å²) in [6, 6.07) is 5.51. The number of rotatable bonds is 1. The van der Waals surface area contributed by atoms with Gasteiger partial charge in [-0.25, -0.2) is 0 Å². The van der Waals surface area contributed by atoms with Crippen LogP contribution in [0.25, 0.3) is 10.7 Å². The van der Waals surface area contributed by atoms with Gasteiger partial charge in [-0.2, -0.15) is 0 Å². The number of halogens is 1. The summed E-state index contributed by atoms with van der Waals surface area (Å²) in [4.78, 5) is 0. The summed E-state index contributed by atoms with van der Waals surface area (Å²) >= 11 is 5.52. The van der Waals surface area contributed by atoms with Gasteiger partial charge in [0.05, 0.1) is 0 Å². The Hall–Kier alpha value is -1.09. The van der Waals surface area contributed by atoms with E-state index in [9.17, 15) is 0 Å². The third-order valence-corrected chi connectivity index (χ3v) is 1.95. The Morgan fingerprint density at radius 1 is 1.50 bits per heavy atom. The van der Waals surface area contributed by atoms with E-state index >= 15 is 0 Å². The van der Waals surface area contributed by atoms with Crippen molar-refractivity contribution in [2.75, 3.05) is 0 Å². The van der Waals surface area contributed by atoms with Gasteiger partial charge in [-0.05, 0) is 0 Å². The molecule has 0 fully saturated rings. The summed E-state index contributed by atoms with van der Waals surface area (Å²) in [7, 11) is 1.66. The van der Waals surface area contributed by atoms with E-state index < -0.39 is 0 Å². The molecule has 1 N–H and O–H groups in total. The average Bonchev–Trinajstić information content (AvgIpc) is 2.49. The van der Waals surface area contributed by atoms with Crippen LogP contribution in [-0.2, 0) is 0 Å². The molecule has 1 aromatic carbocycles. The van der Waals surface area contributed by atoms with Crippen LogP contribution < -0.4 is 0 Å². The quantitative estimate of drug-likeness (QED) is 0.667. The fourth-order valence-electron chi connectivity index (χ4n) is 1.10. The molecule has 0 aliphatic rings. The number of hydrogen-bond donors (Lipinski definition) is 1. The van der Waals surface area contributed by atoms with E-state index in [1.54, 1.807) is 19.5 Å². The molecule has 2 nitrogen and oxygen atoms in total. The Morgan fingerprint density at radius 3 is 3.08 bits per heavy atom. The van der Waals surface area contributed by atoms with Gasteiger partial charge in [0.2, 0.25) is 0 Å². The van der Waals surface area contributed by atoms with E-state index in [2.05, 4.69) is 0 Å². The molecule has 0 radical (unpaired) electrons. The molecular formula is C8H5BClNO. The Labute approximate surface area is 74.9 Å². The first-order valence-electron chi connectivity index (χ1n) is 3.48. The third-order valence-electron chi connectivity index (χ3n) is 1.73. The van der Waals surface area contributed by atoms with E-state index in [4.69, 9.17) is 21.3 Å². The Balaban J connectivity index is 2.68. The van der Waals surface area contributed by atoms with Crippen molar-refractivity contribution in [2.45, 2.75) is 0 Å². The number of hydrogen-bond acceptors (Lipinski definition) is 2. The zero-order valence-electron chi connectivity index (χ0n) is 6.17. The third kappa shape index (κ3) is 1.16. The molecule has 0 atom stereocenters. The van der Waals surface area contributed by atoms with Crippen LogP contribution in [0.15, 0.2) is 28.8 Å². The summed E-state index contributed by atoms with van der Waals surface area (Å²) in [6.07, 6.45) is 1.64. The predicted octanol–water partition coefficient (Wildman–Crippen LogP) is 2.34. The second-order valence-corrected chi connectivity index (χ2v) is 2.91. The fourth-order valence-corrected chi connectivity index (χ4v) is 1.22. The first kappa shape index (κ1) is 7.56. The van der Waals surface area contributed by atoms with Crippen molar-refractivity contribution >= 4 is 34.6 Å². The maximum absolute atomic E-state index is 7.20. The number of fused-ring (bicyclic) bond motifs is 1. The molecule has 1 aromatic heterocycles. The average molecular weight is 177 g/mol. The molecule has 0 saturated heterocycles. The van der Waals surface area contributed by atoms with Gasteiger partial charge in [-0.1, -0.05) is 0 Å². The molecule has 12 heavy (non-hydrogen) atoms. The van der Waals surface area contributed by atoms with Crippen LogP contribution in [0, 0.1) is 5.41 Å². The molecule has 0 amide bonds. The predicted molar refractivity (Wildman–Crippen MR) is 50.2 cm³/mol. The fraction of sp³-hybridized carbons (Fsp3) is 0. The van der Waals surface area contributed by atoms with Gasteiger partial charge >= 0.3 is 74.3 Å². The Morgan fingerprint density at radius 2 is 2.33 bits per heavy atom. The standard InChI is InChI=1S/C8H5BClNO/c10-8(11)5-1-2-7-6(3-5)4-12-9-7/h1-4,11H. The van der Waals surface area contributed by atoms with Crippen LogP contribution in [-0.4, -0.2) is 12.3 Å². The van der Waals surface area contributed by atoms with E-state index in [0.717, 1.165) is 10.7 Å². The first-order chi connectivity index (χ1) is 5.77. The van der Waals surface area contributed by atoms with Gasteiger partial charge in [0.15, 0.2) is 0 Å². The second-order valence-electron chi connectivity index (χ2n) is 2.53. The minimum atomic E-state index is 0.0538. The van der Waals surface area contributed by atoms with Gasteiger partial charge in [-0.3, -0.25) is 0 Å². The maximum atomic E-state index is 7.20. The first-order valence-corrected chi connectivity index (χ1v) is 3.85. The van der Waals surface area contributed by atoms with Gasteiger partial charge in [0, 0.05) is 0 Å². The zero-order chi connectivity index (χ0) is 8.55. The molecule has 0 unspecified atom stereocenters. The molecule has 4 heteroatoms. The van der Waals surface area contributed by atoms with Crippen molar-refractivity contribution in [3.05, 3.63) is 30.0 Å². The van der Waals surface area contributed by atoms with E-state index in [-0.39, 0.29) is 5.17 Å². The molecule has 2 aromatic rings. The van der Waals surface area contributed by atoms with Gasteiger partial charge in [-0.15, -0.1) is 0 Å². The SMILES string of the molecule is N=C(Cl)c1ccc2bocc2c1. The summed E-state index contributed by atoms with van der Waals surface area (Å²) in [5.74, 6) is 0.